The second-order valence-corrected chi connectivity index (χ2v) is 9.40. The van der Waals surface area contributed by atoms with Crippen LogP contribution in [0.1, 0.15) is 67.7 Å². The summed E-state index contributed by atoms with van der Waals surface area (Å²) >= 11 is 0. The normalized spacial score (nSPS) is 15.6. The molecule has 0 atom stereocenters. The maximum absolute atomic E-state index is 11.1. The van der Waals surface area contributed by atoms with E-state index in [-0.39, 0.29) is 5.56 Å². The number of imidazole rings is 1. The molecule has 5 nitrogen and oxygen atoms in total. The number of carbonyl (C=O) groups is 1. The van der Waals surface area contributed by atoms with Gasteiger partial charge in [0.05, 0.1) is 16.6 Å². The Hall–Kier alpha value is -3.08. The van der Waals surface area contributed by atoms with Crippen LogP contribution >= 0.6 is 0 Å². The van der Waals surface area contributed by atoms with Crippen LogP contribution in [0.2, 0.25) is 0 Å². The first-order chi connectivity index (χ1) is 14.8. The average molecular weight is 418 g/mol. The van der Waals surface area contributed by atoms with Crippen LogP contribution in [0.3, 0.4) is 0 Å². The molecule has 1 saturated carbocycles. The summed E-state index contributed by atoms with van der Waals surface area (Å²) in [5, 5.41) is 10.3. The molecule has 0 unspecified atom stereocenters. The van der Waals surface area contributed by atoms with Crippen LogP contribution in [0.4, 0.5) is 0 Å². The highest BCUT2D eigenvalue weighted by Crippen LogP contribution is 2.34. The van der Waals surface area contributed by atoms with Gasteiger partial charge in [-0.1, -0.05) is 51.3 Å². The van der Waals surface area contributed by atoms with E-state index in [1.165, 1.54) is 48.6 Å². The van der Waals surface area contributed by atoms with E-state index in [0.717, 1.165) is 16.9 Å². The third-order valence-corrected chi connectivity index (χ3v) is 6.32. The lowest BCUT2D eigenvalue weighted by molar-refractivity contribution is 0.0697. The van der Waals surface area contributed by atoms with Gasteiger partial charge in [0.25, 0.3) is 0 Å². The van der Waals surface area contributed by atoms with E-state index in [1.54, 1.807) is 18.2 Å². The minimum atomic E-state index is -0.933. The van der Waals surface area contributed by atoms with Crippen molar-refractivity contribution < 1.29 is 9.90 Å². The molecule has 0 saturated heterocycles. The Balaban J connectivity index is 0.000000245. The lowest BCUT2D eigenvalue weighted by atomic mass is 9.78. The van der Waals surface area contributed by atoms with Gasteiger partial charge in [0.15, 0.2) is 0 Å². The SMILES string of the molecule is CC1(C)CCCCC1.Cn1cc(Cc2nc3ccc(C(=O)O)cc3[nH]2)c2ccccc21. The molecule has 2 heterocycles. The predicted octanol–water partition coefficient (Wildman–Crippen LogP) is 6.32. The fourth-order valence-electron chi connectivity index (χ4n) is 4.53. The minimum Gasteiger partial charge on any atom is -0.478 e. The molecule has 2 aromatic carbocycles. The van der Waals surface area contributed by atoms with Gasteiger partial charge in [0.1, 0.15) is 5.82 Å². The summed E-state index contributed by atoms with van der Waals surface area (Å²) in [7, 11) is 2.03. The number of benzene rings is 2. The quantitative estimate of drug-likeness (QED) is 0.410. The van der Waals surface area contributed by atoms with Crippen molar-refractivity contribution in [1.29, 1.82) is 0 Å². The Morgan fingerprint density at radius 3 is 2.55 bits per heavy atom. The second-order valence-electron chi connectivity index (χ2n) is 9.40. The average Bonchev–Trinajstić information content (AvgIpc) is 3.28. The van der Waals surface area contributed by atoms with Gasteiger partial charge in [-0.05, 0) is 48.1 Å². The van der Waals surface area contributed by atoms with Crippen LogP contribution in [0.25, 0.3) is 21.9 Å². The molecule has 5 rings (SSSR count). The summed E-state index contributed by atoms with van der Waals surface area (Å²) in [6.07, 6.45) is 10.1. The summed E-state index contributed by atoms with van der Waals surface area (Å²) in [5.74, 6) is -0.101. The number of para-hydroxylation sites is 1. The standard InChI is InChI=1S/C18H15N3O2.C8H16/c1-21-10-12(13-4-2-3-5-16(13)21)9-17-19-14-7-6-11(18(22)23)8-15(14)20-17;1-8(2)6-4-3-5-7-8/h2-8,10H,9H2,1H3,(H,19,20)(H,22,23);3-7H2,1-2H3. The number of fused-ring (bicyclic) bond motifs is 2. The molecular weight excluding hydrogens is 386 g/mol. The molecule has 2 N–H and O–H groups in total. The number of aromatic carboxylic acids is 1. The maximum Gasteiger partial charge on any atom is 0.335 e. The molecule has 1 fully saturated rings. The van der Waals surface area contributed by atoms with Crippen molar-refractivity contribution in [3.63, 3.8) is 0 Å². The number of hydrogen-bond acceptors (Lipinski definition) is 2. The summed E-state index contributed by atoms with van der Waals surface area (Å²) in [6, 6.07) is 13.2. The highest BCUT2D eigenvalue weighted by molar-refractivity contribution is 5.92. The molecule has 4 aromatic rings. The Morgan fingerprint density at radius 2 is 1.87 bits per heavy atom. The number of aromatic amines is 1. The van der Waals surface area contributed by atoms with Crippen LogP contribution < -0.4 is 0 Å². The number of nitrogens with zero attached hydrogens (tertiary/aromatic N) is 2. The molecule has 5 heteroatoms. The number of carboxylic acid groups (broad SMARTS) is 1. The van der Waals surface area contributed by atoms with E-state index in [2.05, 4.69) is 46.7 Å². The van der Waals surface area contributed by atoms with E-state index < -0.39 is 5.97 Å². The molecule has 0 bridgehead atoms. The summed E-state index contributed by atoms with van der Waals surface area (Å²) in [6.45, 7) is 4.76. The number of hydrogen-bond donors (Lipinski definition) is 2. The maximum atomic E-state index is 11.1. The van der Waals surface area contributed by atoms with Crippen LogP contribution in [0.5, 0.6) is 0 Å². The number of carboxylic acids is 1. The predicted molar refractivity (Wildman–Crippen MR) is 126 cm³/mol. The van der Waals surface area contributed by atoms with Crippen LogP contribution in [0.15, 0.2) is 48.7 Å². The summed E-state index contributed by atoms with van der Waals surface area (Å²) in [5.41, 5.74) is 4.86. The third kappa shape index (κ3) is 4.82. The number of rotatable bonds is 3. The van der Waals surface area contributed by atoms with E-state index in [4.69, 9.17) is 5.11 Å². The monoisotopic (exact) mass is 417 g/mol. The lowest BCUT2D eigenvalue weighted by Gasteiger charge is -2.28. The Bertz CT molecular complexity index is 1210. The molecule has 1 aliphatic rings. The molecule has 162 valence electrons. The van der Waals surface area contributed by atoms with Crippen molar-refractivity contribution in [1.82, 2.24) is 14.5 Å². The van der Waals surface area contributed by atoms with Crippen molar-refractivity contribution >= 4 is 27.9 Å². The van der Waals surface area contributed by atoms with Gasteiger partial charge >= 0.3 is 5.97 Å². The Morgan fingerprint density at radius 1 is 1.13 bits per heavy atom. The highest BCUT2D eigenvalue weighted by atomic mass is 16.4. The first-order valence-electron chi connectivity index (χ1n) is 11.1. The van der Waals surface area contributed by atoms with Gasteiger partial charge in [0.2, 0.25) is 0 Å². The topological polar surface area (TPSA) is 70.9 Å². The zero-order chi connectivity index (χ0) is 22.0. The van der Waals surface area contributed by atoms with E-state index in [1.807, 2.05) is 19.2 Å². The van der Waals surface area contributed by atoms with Gasteiger partial charge in [0, 0.05) is 30.6 Å². The van der Waals surface area contributed by atoms with Crippen molar-refractivity contribution in [2.24, 2.45) is 12.5 Å². The molecular formula is C26H31N3O2. The fraction of sp³-hybridized carbons (Fsp3) is 0.385. The molecule has 0 aliphatic heterocycles. The van der Waals surface area contributed by atoms with Crippen molar-refractivity contribution in [3.8, 4) is 0 Å². The Labute approximate surface area is 183 Å². The van der Waals surface area contributed by atoms with E-state index >= 15 is 0 Å². The fourth-order valence-corrected chi connectivity index (χ4v) is 4.53. The Kier molecular flexibility index (Phi) is 5.86. The molecule has 31 heavy (non-hydrogen) atoms. The molecule has 0 spiro atoms. The lowest BCUT2D eigenvalue weighted by Crippen LogP contribution is -2.14. The van der Waals surface area contributed by atoms with Gasteiger partial charge in [-0.25, -0.2) is 9.78 Å². The van der Waals surface area contributed by atoms with Crippen molar-refractivity contribution in [2.45, 2.75) is 52.4 Å². The van der Waals surface area contributed by atoms with Gasteiger partial charge in [-0.15, -0.1) is 0 Å². The first kappa shape index (κ1) is 21.2. The summed E-state index contributed by atoms with van der Waals surface area (Å²) in [4.78, 5) is 18.9. The third-order valence-electron chi connectivity index (χ3n) is 6.32. The first-order valence-corrected chi connectivity index (χ1v) is 11.1. The van der Waals surface area contributed by atoms with Crippen LogP contribution in [0, 0.1) is 5.41 Å². The number of H-pyrrole nitrogens is 1. The number of aryl methyl sites for hydroxylation is 1. The van der Waals surface area contributed by atoms with Gasteiger partial charge < -0.3 is 14.7 Å². The van der Waals surface area contributed by atoms with E-state index in [0.29, 0.717) is 11.8 Å². The molecule has 0 radical (unpaired) electrons. The van der Waals surface area contributed by atoms with Crippen LogP contribution in [-0.2, 0) is 13.5 Å². The van der Waals surface area contributed by atoms with Gasteiger partial charge in [-0.2, -0.15) is 0 Å². The molecule has 2 aromatic heterocycles. The molecule has 1 aliphatic carbocycles. The van der Waals surface area contributed by atoms with E-state index in [9.17, 15) is 4.79 Å². The minimum absolute atomic E-state index is 0.262. The second kappa shape index (κ2) is 8.58. The van der Waals surface area contributed by atoms with Crippen molar-refractivity contribution in [3.05, 3.63) is 65.6 Å². The van der Waals surface area contributed by atoms with Gasteiger partial charge in [-0.3, -0.25) is 0 Å². The number of nitrogens with one attached hydrogen (secondary N) is 1. The largest absolute Gasteiger partial charge is 0.478 e. The zero-order valence-electron chi connectivity index (χ0n) is 18.6. The van der Waals surface area contributed by atoms with Crippen LogP contribution in [-0.4, -0.2) is 25.6 Å². The molecule has 0 amide bonds. The van der Waals surface area contributed by atoms with Crippen molar-refractivity contribution in [2.75, 3.05) is 0 Å². The smallest absolute Gasteiger partial charge is 0.335 e. The number of aromatic nitrogens is 3. The zero-order valence-corrected chi connectivity index (χ0v) is 18.6. The highest BCUT2D eigenvalue weighted by Gasteiger charge is 2.20. The summed E-state index contributed by atoms with van der Waals surface area (Å²) < 4.78 is 2.11.